The van der Waals surface area contributed by atoms with Gasteiger partial charge in [-0.3, -0.25) is 9.59 Å². The van der Waals surface area contributed by atoms with Gasteiger partial charge in [0.25, 0.3) is 0 Å². The molecule has 0 radical (unpaired) electrons. The standard InChI is InChI=1S/C11H10BrNO3/c12-7-1-3-8(4-2-7)13-6-5-9(10(13)14)11(15)16/h1-4,9H,5-6H2,(H,15,16)/t9-/m1/s1. The number of carboxylic acids is 1. The average molecular weight is 284 g/mol. The van der Waals surface area contributed by atoms with Crippen molar-refractivity contribution in [3.05, 3.63) is 28.7 Å². The van der Waals surface area contributed by atoms with E-state index in [2.05, 4.69) is 15.9 Å². The third kappa shape index (κ3) is 1.95. The number of anilines is 1. The minimum atomic E-state index is -1.04. The number of carbonyl (C=O) groups is 2. The molecule has 0 aromatic heterocycles. The highest BCUT2D eigenvalue weighted by molar-refractivity contribution is 9.10. The summed E-state index contributed by atoms with van der Waals surface area (Å²) in [5.41, 5.74) is 0.747. The Labute approximate surface area is 101 Å². The molecule has 0 aliphatic carbocycles. The van der Waals surface area contributed by atoms with Crippen molar-refractivity contribution in [2.45, 2.75) is 6.42 Å². The number of nitrogens with zero attached hydrogens (tertiary/aromatic N) is 1. The smallest absolute Gasteiger partial charge is 0.316 e. The summed E-state index contributed by atoms with van der Waals surface area (Å²) in [7, 11) is 0. The summed E-state index contributed by atoms with van der Waals surface area (Å²) >= 11 is 3.31. The first-order valence-electron chi connectivity index (χ1n) is 4.89. The van der Waals surface area contributed by atoms with Gasteiger partial charge in [-0.25, -0.2) is 0 Å². The summed E-state index contributed by atoms with van der Waals surface area (Å²) in [6.07, 6.45) is 0.379. The number of aliphatic carboxylic acids is 1. The zero-order valence-corrected chi connectivity index (χ0v) is 9.98. The molecule has 0 bridgehead atoms. The highest BCUT2D eigenvalue weighted by Crippen LogP contribution is 2.26. The second-order valence-electron chi connectivity index (χ2n) is 3.65. The van der Waals surface area contributed by atoms with E-state index in [-0.39, 0.29) is 5.91 Å². The molecule has 16 heavy (non-hydrogen) atoms. The van der Waals surface area contributed by atoms with E-state index in [0.29, 0.717) is 13.0 Å². The summed E-state index contributed by atoms with van der Waals surface area (Å²) in [4.78, 5) is 24.1. The molecule has 1 aliphatic heterocycles. The number of halogens is 1. The first kappa shape index (κ1) is 11.1. The molecule has 1 aromatic carbocycles. The number of amides is 1. The number of hydrogen-bond donors (Lipinski definition) is 1. The fourth-order valence-corrected chi connectivity index (χ4v) is 2.05. The SMILES string of the molecule is O=C(O)[C@@H]1CCN(c2ccc(Br)cc2)C1=O. The van der Waals surface area contributed by atoms with E-state index in [1.54, 1.807) is 12.1 Å². The van der Waals surface area contributed by atoms with Crippen molar-refractivity contribution in [3.8, 4) is 0 Å². The van der Waals surface area contributed by atoms with Gasteiger partial charge < -0.3 is 10.0 Å². The lowest BCUT2D eigenvalue weighted by Gasteiger charge is -2.15. The van der Waals surface area contributed by atoms with Crippen molar-refractivity contribution < 1.29 is 14.7 Å². The lowest BCUT2D eigenvalue weighted by atomic mass is 10.1. The Morgan fingerprint density at radius 3 is 2.50 bits per heavy atom. The van der Waals surface area contributed by atoms with Crippen LogP contribution in [0.2, 0.25) is 0 Å². The zero-order chi connectivity index (χ0) is 11.7. The molecule has 1 N–H and O–H groups in total. The van der Waals surface area contributed by atoms with Crippen molar-refractivity contribution in [1.29, 1.82) is 0 Å². The Hall–Kier alpha value is -1.36. The largest absolute Gasteiger partial charge is 0.481 e. The van der Waals surface area contributed by atoms with Gasteiger partial charge in [0, 0.05) is 16.7 Å². The lowest BCUT2D eigenvalue weighted by molar-refractivity contribution is -0.144. The van der Waals surface area contributed by atoms with Gasteiger partial charge in [-0.1, -0.05) is 15.9 Å². The van der Waals surface area contributed by atoms with Gasteiger partial charge in [0.05, 0.1) is 0 Å². The molecule has 2 rings (SSSR count). The summed E-state index contributed by atoms with van der Waals surface area (Å²) in [6, 6.07) is 7.26. The van der Waals surface area contributed by atoms with Crippen molar-refractivity contribution in [2.24, 2.45) is 5.92 Å². The average Bonchev–Trinajstić information content (AvgIpc) is 2.61. The Balaban J connectivity index is 2.21. The number of rotatable bonds is 2. The zero-order valence-electron chi connectivity index (χ0n) is 8.39. The molecule has 1 amide bonds. The Kier molecular flexibility index (Phi) is 2.96. The molecule has 1 heterocycles. The van der Waals surface area contributed by atoms with Crippen LogP contribution in [0, 0.1) is 5.92 Å². The van der Waals surface area contributed by atoms with Gasteiger partial charge in [0.15, 0.2) is 0 Å². The molecule has 1 atom stereocenters. The van der Waals surface area contributed by atoms with Gasteiger partial charge in [-0.05, 0) is 30.7 Å². The van der Waals surface area contributed by atoms with E-state index in [9.17, 15) is 9.59 Å². The first-order chi connectivity index (χ1) is 7.59. The predicted octanol–water partition coefficient (Wildman–Crippen LogP) is 1.89. The molecule has 0 unspecified atom stereocenters. The molecule has 1 saturated heterocycles. The molecule has 84 valence electrons. The van der Waals surface area contributed by atoms with Gasteiger partial charge >= 0.3 is 5.97 Å². The van der Waals surface area contributed by atoms with E-state index in [0.717, 1.165) is 10.2 Å². The minimum Gasteiger partial charge on any atom is -0.481 e. The predicted molar refractivity (Wildman–Crippen MR) is 62.2 cm³/mol. The highest BCUT2D eigenvalue weighted by atomic mass is 79.9. The van der Waals surface area contributed by atoms with Crippen LogP contribution in [0.5, 0.6) is 0 Å². The minimum absolute atomic E-state index is 0.324. The maximum absolute atomic E-state index is 11.8. The quantitative estimate of drug-likeness (QED) is 0.844. The summed E-state index contributed by atoms with van der Waals surface area (Å²) < 4.78 is 0.928. The van der Waals surface area contributed by atoms with E-state index in [1.165, 1.54) is 4.90 Å². The Bertz CT molecular complexity index is 429. The third-order valence-corrected chi connectivity index (χ3v) is 3.17. The molecule has 0 spiro atoms. The maximum Gasteiger partial charge on any atom is 0.316 e. The van der Waals surface area contributed by atoms with Crippen LogP contribution in [0.1, 0.15) is 6.42 Å². The normalized spacial score (nSPS) is 20.2. The van der Waals surface area contributed by atoms with Crippen molar-refractivity contribution in [1.82, 2.24) is 0 Å². The van der Waals surface area contributed by atoms with Crippen molar-refractivity contribution in [2.75, 3.05) is 11.4 Å². The second kappa shape index (κ2) is 4.25. The van der Waals surface area contributed by atoms with Crippen LogP contribution in [0.4, 0.5) is 5.69 Å². The summed E-state index contributed by atoms with van der Waals surface area (Å²) in [5.74, 6) is -2.25. The second-order valence-corrected chi connectivity index (χ2v) is 4.56. The number of carboxylic acid groups (broad SMARTS) is 1. The molecule has 1 aliphatic rings. The summed E-state index contributed by atoms with van der Waals surface area (Å²) in [6.45, 7) is 0.470. The van der Waals surface area contributed by atoms with Crippen LogP contribution in [-0.2, 0) is 9.59 Å². The number of benzene rings is 1. The highest BCUT2D eigenvalue weighted by Gasteiger charge is 2.37. The molecule has 4 nitrogen and oxygen atoms in total. The van der Waals surface area contributed by atoms with Crippen LogP contribution in [-0.4, -0.2) is 23.5 Å². The van der Waals surface area contributed by atoms with Crippen LogP contribution >= 0.6 is 15.9 Å². The fraction of sp³-hybridized carbons (Fsp3) is 0.273. The van der Waals surface area contributed by atoms with Gasteiger partial charge in [-0.2, -0.15) is 0 Å². The lowest BCUT2D eigenvalue weighted by Crippen LogP contribution is -2.29. The summed E-state index contributed by atoms with van der Waals surface area (Å²) in [5, 5.41) is 8.84. The number of hydrogen-bond acceptors (Lipinski definition) is 2. The third-order valence-electron chi connectivity index (χ3n) is 2.64. The molecule has 1 fully saturated rings. The number of carbonyl (C=O) groups excluding carboxylic acids is 1. The maximum atomic E-state index is 11.8. The Morgan fingerprint density at radius 1 is 1.38 bits per heavy atom. The molecule has 1 aromatic rings. The fourth-order valence-electron chi connectivity index (χ4n) is 1.79. The van der Waals surface area contributed by atoms with E-state index in [4.69, 9.17) is 5.11 Å². The monoisotopic (exact) mass is 283 g/mol. The molecule has 0 saturated carbocycles. The first-order valence-corrected chi connectivity index (χ1v) is 5.68. The van der Waals surface area contributed by atoms with Crippen molar-refractivity contribution >= 4 is 33.5 Å². The van der Waals surface area contributed by atoms with E-state index in [1.807, 2.05) is 12.1 Å². The van der Waals surface area contributed by atoms with Crippen LogP contribution in [0.15, 0.2) is 28.7 Å². The molecule has 5 heteroatoms. The van der Waals surface area contributed by atoms with E-state index < -0.39 is 11.9 Å². The topological polar surface area (TPSA) is 57.6 Å². The van der Waals surface area contributed by atoms with Crippen LogP contribution in [0.3, 0.4) is 0 Å². The van der Waals surface area contributed by atoms with Crippen LogP contribution < -0.4 is 4.90 Å². The van der Waals surface area contributed by atoms with Gasteiger partial charge in [-0.15, -0.1) is 0 Å². The van der Waals surface area contributed by atoms with E-state index >= 15 is 0 Å². The van der Waals surface area contributed by atoms with Gasteiger partial charge in [0.1, 0.15) is 5.92 Å². The molecular formula is C11H10BrNO3. The van der Waals surface area contributed by atoms with Crippen molar-refractivity contribution in [3.63, 3.8) is 0 Å². The molecular weight excluding hydrogens is 274 g/mol. The van der Waals surface area contributed by atoms with Crippen LogP contribution in [0.25, 0.3) is 0 Å². The Morgan fingerprint density at radius 2 is 2.00 bits per heavy atom. The van der Waals surface area contributed by atoms with Gasteiger partial charge in [0.2, 0.25) is 5.91 Å².